The van der Waals surface area contributed by atoms with Crippen LogP contribution >= 0.6 is 11.8 Å². The highest BCUT2D eigenvalue weighted by Gasteiger charge is 1.91. The van der Waals surface area contributed by atoms with Gasteiger partial charge in [0.1, 0.15) is 12.1 Å². The third-order valence-corrected chi connectivity index (χ3v) is 2.65. The minimum Gasteiger partial charge on any atom is -0.396 e. The average molecular weight is 213 g/mol. The second-order valence-corrected chi connectivity index (χ2v) is 3.94. The van der Waals surface area contributed by atoms with E-state index in [1.54, 1.807) is 6.20 Å². The van der Waals surface area contributed by atoms with E-state index >= 15 is 0 Å². The monoisotopic (exact) mass is 213 g/mol. The maximum Gasteiger partial charge on any atom is 0.129 e. The van der Waals surface area contributed by atoms with Crippen molar-refractivity contribution < 1.29 is 5.11 Å². The topological polar surface area (TPSA) is 58.0 Å². The van der Waals surface area contributed by atoms with Crippen LogP contribution in [-0.2, 0) is 0 Å². The molecule has 78 valence electrons. The third-order valence-electron chi connectivity index (χ3n) is 1.58. The highest BCUT2D eigenvalue weighted by atomic mass is 32.2. The number of hydrogen-bond acceptors (Lipinski definition) is 5. The predicted octanol–water partition coefficient (Wildman–Crippen LogP) is 1.00. The van der Waals surface area contributed by atoms with Crippen LogP contribution in [0.3, 0.4) is 0 Å². The van der Waals surface area contributed by atoms with E-state index in [4.69, 9.17) is 5.11 Å². The van der Waals surface area contributed by atoms with Gasteiger partial charge >= 0.3 is 0 Å². The molecule has 0 bridgehead atoms. The van der Waals surface area contributed by atoms with Crippen molar-refractivity contribution in [3.8, 4) is 0 Å². The number of rotatable bonds is 7. The zero-order valence-electron chi connectivity index (χ0n) is 8.02. The second kappa shape index (κ2) is 7.58. The van der Waals surface area contributed by atoms with Gasteiger partial charge < -0.3 is 10.4 Å². The van der Waals surface area contributed by atoms with Crippen LogP contribution in [0.25, 0.3) is 0 Å². The molecule has 0 amide bonds. The fraction of sp³-hybridized carbons (Fsp3) is 0.556. The Morgan fingerprint density at radius 1 is 1.43 bits per heavy atom. The van der Waals surface area contributed by atoms with E-state index in [0.29, 0.717) is 0 Å². The molecule has 0 spiro atoms. The summed E-state index contributed by atoms with van der Waals surface area (Å²) in [5, 5.41) is 11.7. The first-order valence-electron chi connectivity index (χ1n) is 4.62. The number of anilines is 1. The lowest BCUT2D eigenvalue weighted by Crippen LogP contribution is -2.06. The van der Waals surface area contributed by atoms with Gasteiger partial charge in [-0.25, -0.2) is 9.97 Å². The van der Waals surface area contributed by atoms with E-state index in [1.807, 2.05) is 17.8 Å². The number of aliphatic hydroxyl groups excluding tert-OH is 1. The van der Waals surface area contributed by atoms with Gasteiger partial charge in [0.05, 0.1) is 0 Å². The lowest BCUT2D eigenvalue weighted by molar-refractivity contribution is 0.296. The summed E-state index contributed by atoms with van der Waals surface area (Å²) in [5.74, 6) is 2.91. The number of nitrogens with one attached hydrogen (secondary N) is 1. The molecule has 0 aliphatic heterocycles. The third kappa shape index (κ3) is 5.04. The lowest BCUT2D eigenvalue weighted by atomic mass is 10.5. The summed E-state index contributed by atoms with van der Waals surface area (Å²) >= 11 is 1.83. The van der Waals surface area contributed by atoms with Crippen LogP contribution < -0.4 is 5.32 Å². The molecule has 1 heterocycles. The van der Waals surface area contributed by atoms with Crippen LogP contribution in [0.5, 0.6) is 0 Å². The molecule has 1 aromatic rings. The van der Waals surface area contributed by atoms with Crippen molar-refractivity contribution in [2.24, 2.45) is 0 Å². The first-order chi connectivity index (χ1) is 6.93. The Labute approximate surface area is 88.2 Å². The van der Waals surface area contributed by atoms with Gasteiger partial charge in [0.2, 0.25) is 0 Å². The zero-order valence-corrected chi connectivity index (χ0v) is 8.83. The lowest BCUT2D eigenvalue weighted by Gasteiger charge is -2.03. The molecule has 0 aromatic carbocycles. The van der Waals surface area contributed by atoms with E-state index in [1.165, 1.54) is 6.33 Å². The molecule has 1 rings (SSSR count). The van der Waals surface area contributed by atoms with Crippen molar-refractivity contribution in [1.82, 2.24) is 9.97 Å². The molecule has 1 aromatic heterocycles. The molecule has 4 nitrogen and oxygen atoms in total. The van der Waals surface area contributed by atoms with Crippen LogP contribution in [0.4, 0.5) is 5.82 Å². The first kappa shape index (κ1) is 11.3. The highest BCUT2D eigenvalue weighted by molar-refractivity contribution is 7.99. The zero-order chi connectivity index (χ0) is 10.1. The van der Waals surface area contributed by atoms with E-state index in [0.717, 1.165) is 30.3 Å². The Kier molecular flexibility index (Phi) is 6.10. The molecule has 2 N–H and O–H groups in total. The molecular weight excluding hydrogens is 198 g/mol. The van der Waals surface area contributed by atoms with E-state index in [2.05, 4.69) is 15.3 Å². The van der Waals surface area contributed by atoms with Gasteiger partial charge in [0.25, 0.3) is 0 Å². The molecule has 0 unspecified atom stereocenters. The molecule has 0 saturated heterocycles. The van der Waals surface area contributed by atoms with Crippen molar-refractivity contribution in [2.45, 2.75) is 6.42 Å². The molecular formula is C9H15N3OS. The van der Waals surface area contributed by atoms with Crippen LogP contribution in [-0.4, -0.2) is 39.7 Å². The highest BCUT2D eigenvalue weighted by Crippen LogP contribution is 2.03. The molecule has 0 saturated carbocycles. The largest absolute Gasteiger partial charge is 0.396 e. The maximum absolute atomic E-state index is 8.55. The SMILES string of the molecule is OCCCSCCNc1ccncn1. The number of thioether (sulfide) groups is 1. The van der Waals surface area contributed by atoms with Crippen LogP contribution in [0.2, 0.25) is 0 Å². The summed E-state index contributed by atoms with van der Waals surface area (Å²) in [6, 6.07) is 1.85. The van der Waals surface area contributed by atoms with Gasteiger partial charge in [-0.2, -0.15) is 11.8 Å². The molecule has 5 heteroatoms. The average Bonchev–Trinajstić information content (AvgIpc) is 2.25. The van der Waals surface area contributed by atoms with Gasteiger partial charge in [-0.3, -0.25) is 0 Å². The number of aromatic nitrogens is 2. The minimum absolute atomic E-state index is 0.284. The first-order valence-corrected chi connectivity index (χ1v) is 5.77. The summed E-state index contributed by atoms with van der Waals surface area (Å²) in [6.45, 7) is 1.18. The van der Waals surface area contributed by atoms with Crippen molar-refractivity contribution in [3.63, 3.8) is 0 Å². The summed E-state index contributed by atoms with van der Waals surface area (Å²) in [5.41, 5.74) is 0. The smallest absolute Gasteiger partial charge is 0.129 e. The Morgan fingerprint density at radius 2 is 2.36 bits per heavy atom. The Hall–Kier alpha value is -0.810. The standard InChI is InChI=1S/C9H15N3OS/c13-5-1-6-14-7-4-11-9-2-3-10-8-12-9/h2-3,8,13H,1,4-7H2,(H,10,11,12). The molecule has 0 atom stereocenters. The van der Waals surface area contributed by atoms with Crippen molar-refractivity contribution in [3.05, 3.63) is 18.6 Å². The van der Waals surface area contributed by atoms with E-state index in [-0.39, 0.29) is 6.61 Å². The van der Waals surface area contributed by atoms with Gasteiger partial charge in [-0.05, 0) is 18.2 Å². The Bertz CT molecular complexity index is 233. The van der Waals surface area contributed by atoms with Crippen LogP contribution in [0.1, 0.15) is 6.42 Å². The molecule has 0 aliphatic rings. The predicted molar refractivity (Wildman–Crippen MR) is 59.5 cm³/mol. The molecule has 0 radical (unpaired) electrons. The molecule has 0 fully saturated rings. The summed E-state index contributed by atoms with van der Waals surface area (Å²) in [4.78, 5) is 7.87. The van der Waals surface area contributed by atoms with Gasteiger partial charge in [0, 0.05) is 25.1 Å². The fourth-order valence-corrected chi connectivity index (χ4v) is 1.70. The summed E-state index contributed by atoms with van der Waals surface area (Å²) in [7, 11) is 0. The maximum atomic E-state index is 8.55. The molecule has 0 aliphatic carbocycles. The van der Waals surface area contributed by atoms with Crippen molar-refractivity contribution in [1.29, 1.82) is 0 Å². The fourth-order valence-electron chi connectivity index (χ4n) is 0.915. The Morgan fingerprint density at radius 3 is 3.07 bits per heavy atom. The quantitative estimate of drug-likeness (QED) is 0.662. The summed E-state index contributed by atoms with van der Waals surface area (Å²) < 4.78 is 0. The number of aliphatic hydroxyl groups is 1. The second-order valence-electron chi connectivity index (χ2n) is 2.71. The summed E-state index contributed by atoms with van der Waals surface area (Å²) in [6.07, 6.45) is 4.12. The molecule has 14 heavy (non-hydrogen) atoms. The minimum atomic E-state index is 0.284. The van der Waals surface area contributed by atoms with Gasteiger partial charge in [-0.1, -0.05) is 0 Å². The van der Waals surface area contributed by atoms with E-state index < -0.39 is 0 Å². The van der Waals surface area contributed by atoms with Crippen LogP contribution in [0, 0.1) is 0 Å². The number of hydrogen-bond donors (Lipinski definition) is 2. The van der Waals surface area contributed by atoms with Gasteiger partial charge in [-0.15, -0.1) is 0 Å². The normalized spacial score (nSPS) is 10.1. The van der Waals surface area contributed by atoms with Gasteiger partial charge in [0.15, 0.2) is 0 Å². The Balaban J connectivity index is 1.99. The van der Waals surface area contributed by atoms with E-state index in [9.17, 15) is 0 Å². The van der Waals surface area contributed by atoms with Crippen molar-refractivity contribution >= 4 is 17.6 Å². The van der Waals surface area contributed by atoms with Crippen LogP contribution in [0.15, 0.2) is 18.6 Å². The van der Waals surface area contributed by atoms with Crippen molar-refractivity contribution in [2.75, 3.05) is 30.0 Å². The number of nitrogens with zero attached hydrogens (tertiary/aromatic N) is 2.